The smallest absolute Gasteiger partial charge is 0.246 e. The molecular weight excluding hydrogens is 308 g/mol. The summed E-state index contributed by atoms with van der Waals surface area (Å²) in [6, 6.07) is 3.69. The number of rotatable bonds is 6. The number of hydrazine groups is 1. The first-order chi connectivity index (χ1) is 11.3. The molecule has 7 nitrogen and oxygen atoms in total. The molecule has 0 spiro atoms. The van der Waals surface area contributed by atoms with E-state index in [0.717, 1.165) is 12.0 Å². The highest BCUT2D eigenvalue weighted by molar-refractivity contribution is 5.84. The number of nitrogens with one attached hydrogen (secondary N) is 2. The number of anilines is 1. The minimum Gasteiger partial charge on any atom is -0.286 e. The average Bonchev–Trinajstić information content (AvgIpc) is 2.51. The van der Waals surface area contributed by atoms with Crippen molar-refractivity contribution in [1.29, 1.82) is 0 Å². The molecule has 0 aliphatic heterocycles. The first-order valence-corrected chi connectivity index (χ1v) is 8.24. The standard InChI is InChI=1S/C17H26N4O3/c1-12-4-5-18-15(7-12)19-20-16(23)17(10-21(24)11-22)8-13(2)6-14(3)9-17/h4-5,7,11,13-14,24H,6,8-10H2,1-3H3,(H,18,19)(H,20,23)/t13-,14+,17?. The van der Waals surface area contributed by atoms with Gasteiger partial charge in [-0.3, -0.25) is 25.6 Å². The van der Waals surface area contributed by atoms with Gasteiger partial charge in [-0.05, 0) is 55.7 Å². The molecule has 1 aliphatic carbocycles. The van der Waals surface area contributed by atoms with Crippen molar-refractivity contribution in [3.8, 4) is 0 Å². The summed E-state index contributed by atoms with van der Waals surface area (Å²) < 4.78 is 0. The molecule has 3 atom stereocenters. The van der Waals surface area contributed by atoms with Crippen LogP contribution in [0.1, 0.15) is 38.7 Å². The van der Waals surface area contributed by atoms with Gasteiger partial charge in [0.15, 0.2) is 0 Å². The molecule has 24 heavy (non-hydrogen) atoms. The fraction of sp³-hybridized carbons (Fsp3) is 0.588. The second kappa shape index (κ2) is 7.61. The van der Waals surface area contributed by atoms with E-state index in [1.54, 1.807) is 6.20 Å². The van der Waals surface area contributed by atoms with Crippen LogP contribution in [0.2, 0.25) is 0 Å². The number of aryl methyl sites for hydroxylation is 1. The van der Waals surface area contributed by atoms with Crippen LogP contribution in [-0.2, 0) is 9.59 Å². The zero-order valence-electron chi connectivity index (χ0n) is 14.5. The maximum Gasteiger partial charge on any atom is 0.246 e. The van der Waals surface area contributed by atoms with Crippen molar-refractivity contribution in [3.63, 3.8) is 0 Å². The van der Waals surface area contributed by atoms with Crippen LogP contribution in [-0.4, -0.2) is 34.1 Å². The molecule has 1 saturated carbocycles. The zero-order valence-corrected chi connectivity index (χ0v) is 14.5. The van der Waals surface area contributed by atoms with Crippen LogP contribution < -0.4 is 10.9 Å². The Morgan fingerprint density at radius 1 is 1.46 bits per heavy atom. The van der Waals surface area contributed by atoms with Gasteiger partial charge in [0.1, 0.15) is 5.82 Å². The van der Waals surface area contributed by atoms with Gasteiger partial charge in [0, 0.05) is 6.20 Å². The number of hydrogen-bond acceptors (Lipinski definition) is 5. The Hall–Kier alpha value is -2.15. The predicted octanol–water partition coefficient (Wildman–Crippen LogP) is 2.12. The van der Waals surface area contributed by atoms with Gasteiger partial charge in [-0.25, -0.2) is 10.0 Å². The number of carbonyl (C=O) groups is 2. The Bertz CT molecular complexity index is 583. The molecule has 7 heteroatoms. The Kier molecular flexibility index (Phi) is 5.77. The molecule has 0 saturated heterocycles. The van der Waals surface area contributed by atoms with E-state index in [2.05, 4.69) is 29.7 Å². The lowest BCUT2D eigenvalue weighted by Crippen LogP contribution is -2.52. The SMILES string of the molecule is Cc1ccnc(NNC(=O)C2(CN(O)C=O)C[C@H](C)C[C@H](C)C2)c1. The highest BCUT2D eigenvalue weighted by Crippen LogP contribution is 2.42. The first-order valence-electron chi connectivity index (χ1n) is 8.24. The van der Waals surface area contributed by atoms with Crippen LogP contribution in [0.5, 0.6) is 0 Å². The minimum atomic E-state index is -0.816. The van der Waals surface area contributed by atoms with Crippen LogP contribution in [0.15, 0.2) is 18.3 Å². The largest absolute Gasteiger partial charge is 0.286 e. The second-order valence-corrected chi connectivity index (χ2v) is 7.14. The average molecular weight is 334 g/mol. The van der Waals surface area contributed by atoms with Crippen molar-refractivity contribution in [2.75, 3.05) is 12.0 Å². The molecule has 132 valence electrons. The highest BCUT2D eigenvalue weighted by Gasteiger charge is 2.45. The lowest BCUT2D eigenvalue weighted by Gasteiger charge is -2.42. The maximum absolute atomic E-state index is 12.9. The number of hydrogen-bond donors (Lipinski definition) is 3. The number of hydroxylamine groups is 2. The van der Waals surface area contributed by atoms with E-state index in [1.165, 1.54) is 0 Å². The van der Waals surface area contributed by atoms with Crippen molar-refractivity contribution in [3.05, 3.63) is 23.9 Å². The van der Waals surface area contributed by atoms with Gasteiger partial charge >= 0.3 is 0 Å². The van der Waals surface area contributed by atoms with Crippen molar-refractivity contribution in [2.45, 2.75) is 40.0 Å². The van der Waals surface area contributed by atoms with Crippen LogP contribution in [0, 0.1) is 24.2 Å². The summed E-state index contributed by atoms with van der Waals surface area (Å²) >= 11 is 0. The Morgan fingerprint density at radius 3 is 2.71 bits per heavy atom. The Labute approximate surface area is 142 Å². The molecular formula is C17H26N4O3. The fourth-order valence-electron chi connectivity index (χ4n) is 3.86. The van der Waals surface area contributed by atoms with Gasteiger partial charge in [0.2, 0.25) is 12.3 Å². The molecule has 1 fully saturated rings. The number of amides is 2. The summed E-state index contributed by atoms with van der Waals surface area (Å²) in [5, 5.41) is 10.2. The zero-order chi connectivity index (χ0) is 17.7. The second-order valence-electron chi connectivity index (χ2n) is 7.14. The van der Waals surface area contributed by atoms with E-state index in [1.807, 2.05) is 19.1 Å². The van der Waals surface area contributed by atoms with Crippen molar-refractivity contribution in [2.24, 2.45) is 17.3 Å². The third-order valence-electron chi connectivity index (χ3n) is 4.57. The number of nitrogens with zero attached hydrogens (tertiary/aromatic N) is 2. The van der Waals surface area contributed by atoms with Gasteiger partial charge in [0.05, 0.1) is 12.0 Å². The monoisotopic (exact) mass is 334 g/mol. The summed E-state index contributed by atoms with van der Waals surface area (Å²) in [5.74, 6) is 1.00. The summed E-state index contributed by atoms with van der Waals surface area (Å²) in [6.45, 7) is 6.11. The van der Waals surface area contributed by atoms with E-state index in [-0.39, 0.29) is 12.5 Å². The first kappa shape index (κ1) is 18.2. The molecule has 0 bridgehead atoms. The number of aromatic nitrogens is 1. The van der Waals surface area contributed by atoms with Gasteiger partial charge in [0.25, 0.3) is 0 Å². The van der Waals surface area contributed by atoms with Crippen LogP contribution >= 0.6 is 0 Å². The van der Waals surface area contributed by atoms with Gasteiger partial charge in [-0.1, -0.05) is 13.8 Å². The summed E-state index contributed by atoms with van der Waals surface area (Å²) in [6.07, 6.45) is 4.28. The Balaban J connectivity index is 2.13. The van der Waals surface area contributed by atoms with Crippen LogP contribution in [0.4, 0.5) is 5.82 Å². The molecule has 1 heterocycles. The Morgan fingerprint density at radius 2 is 2.12 bits per heavy atom. The van der Waals surface area contributed by atoms with Gasteiger partial charge in [-0.15, -0.1) is 0 Å². The quantitative estimate of drug-likeness (QED) is 0.421. The molecule has 3 N–H and O–H groups in total. The molecule has 0 aromatic carbocycles. The molecule has 1 aromatic rings. The lowest BCUT2D eigenvalue weighted by atomic mass is 9.65. The molecule has 0 radical (unpaired) electrons. The summed E-state index contributed by atoms with van der Waals surface area (Å²) in [4.78, 5) is 27.9. The topological polar surface area (TPSA) is 94.6 Å². The number of pyridine rings is 1. The van der Waals surface area contributed by atoms with E-state index in [0.29, 0.717) is 42.0 Å². The van der Waals surface area contributed by atoms with E-state index < -0.39 is 5.41 Å². The van der Waals surface area contributed by atoms with Crippen LogP contribution in [0.3, 0.4) is 0 Å². The lowest BCUT2D eigenvalue weighted by molar-refractivity contribution is -0.165. The molecule has 1 aliphatic rings. The van der Waals surface area contributed by atoms with Crippen LogP contribution in [0.25, 0.3) is 0 Å². The third kappa shape index (κ3) is 4.44. The normalized spacial score (nSPS) is 26.5. The van der Waals surface area contributed by atoms with Crippen molar-refractivity contribution < 1.29 is 14.8 Å². The minimum absolute atomic E-state index is 0.0139. The molecule has 2 rings (SSSR count). The predicted molar refractivity (Wildman–Crippen MR) is 89.9 cm³/mol. The third-order valence-corrected chi connectivity index (χ3v) is 4.57. The molecule has 1 unspecified atom stereocenters. The molecule has 1 aromatic heterocycles. The highest BCUT2D eigenvalue weighted by atomic mass is 16.5. The van der Waals surface area contributed by atoms with Gasteiger partial charge < -0.3 is 0 Å². The van der Waals surface area contributed by atoms with Crippen molar-refractivity contribution >= 4 is 18.1 Å². The van der Waals surface area contributed by atoms with Gasteiger partial charge in [-0.2, -0.15) is 0 Å². The summed E-state index contributed by atoms with van der Waals surface area (Å²) in [7, 11) is 0. The fourth-order valence-corrected chi connectivity index (χ4v) is 3.86. The van der Waals surface area contributed by atoms with Crippen molar-refractivity contribution in [1.82, 2.24) is 15.5 Å². The summed E-state index contributed by atoms with van der Waals surface area (Å²) in [5.41, 5.74) is 5.74. The maximum atomic E-state index is 12.9. The molecule has 2 amide bonds. The number of carbonyl (C=O) groups excluding carboxylic acids is 2. The van der Waals surface area contributed by atoms with E-state index in [9.17, 15) is 14.8 Å². The van der Waals surface area contributed by atoms with E-state index in [4.69, 9.17) is 0 Å². The van der Waals surface area contributed by atoms with E-state index >= 15 is 0 Å².